The van der Waals surface area contributed by atoms with Gasteiger partial charge >= 0.3 is 11.9 Å². The molecule has 152 valence electrons. The Morgan fingerprint density at radius 3 is 2.15 bits per heavy atom. The summed E-state index contributed by atoms with van der Waals surface area (Å²) in [6, 6.07) is 0. The molecular formula is C21H39NO4. The van der Waals surface area contributed by atoms with Gasteiger partial charge in [0.1, 0.15) is 6.10 Å². The lowest BCUT2D eigenvalue weighted by Gasteiger charge is -2.52. The molecule has 5 heteroatoms. The van der Waals surface area contributed by atoms with Crippen LogP contribution in [0.5, 0.6) is 0 Å². The molecule has 2 N–H and O–H groups in total. The maximum absolute atomic E-state index is 12.3. The molecule has 0 spiro atoms. The highest BCUT2D eigenvalue weighted by Gasteiger charge is 2.47. The van der Waals surface area contributed by atoms with Crippen molar-refractivity contribution < 1.29 is 19.4 Å². The Labute approximate surface area is 159 Å². The van der Waals surface area contributed by atoms with Crippen molar-refractivity contribution in [1.82, 2.24) is 5.32 Å². The molecule has 1 fully saturated rings. The van der Waals surface area contributed by atoms with Crippen LogP contribution in [-0.2, 0) is 14.3 Å². The fourth-order valence-electron chi connectivity index (χ4n) is 3.98. The van der Waals surface area contributed by atoms with Crippen LogP contribution in [0.15, 0.2) is 0 Å². The van der Waals surface area contributed by atoms with Crippen LogP contribution < -0.4 is 5.32 Å². The van der Waals surface area contributed by atoms with Gasteiger partial charge in [-0.15, -0.1) is 0 Å². The third kappa shape index (κ3) is 6.90. The van der Waals surface area contributed by atoms with Crippen LogP contribution in [0.2, 0.25) is 0 Å². The van der Waals surface area contributed by atoms with E-state index in [0.717, 1.165) is 51.4 Å². The summed E-state index contributed by atoms with van der Waals surface area (Å²) in [6.07, 6.45) is 7.93. The number of piperidine rings is 1. The zero-order valence-corrected chi connectivity index (χ0v) is 17.4. The van der Waals surface area contributed by atoms with Crippen LogP contribution in [-0.4, -0.2) is 34.2 Å². The Balaban J connectivity index is 2.40. The Kier molecular flexibility index (Phi) is 9.08. The molecule has 1 heterocycles. The van der Waals surface area contributed by atoms with Gasteiger partial charge in [-0.2, -0.15) is 0 Å². The van der Waals surface area contributed by atoms with E-state index in [2.05, 4.69) is 39.9 Å². The number of hydrogen-bond acceptors (Lipinski definition) is 4. The molecule has 4 atom stereocenters. The molecule has 1 rings (SSSR count). The van der Waals surface area contributed by atoms with Crippen molar-refractivity contribution in [3.63, 3.8) is 0 Å². The Bertz CT molecular complexity index is 467. The molecule has 5 nitrogen and oxygen atoms in total. The third-order valence-electron chi connectivity index (χ3n) is 6.37. The molecule has 1 aliphatic heterocycles. The number of carbonyl (C=O) groups excluding carboxylic acids is 1. The predicted octanol–water partition coefficient (Wildman–Crippen LogP) is 4.68. The number of carboxylic acid groups (broad SMARTS) is 1. The lowest BCUT2D eigenvalue weighted by atomic mass is 9.70. The highest BCUT2D eigenvalue weighted by Crippen LogP contribution is 2.38. The first-order valence-electron chi connectivity index (χ1n) is 10.4. The number of rotatable bonds is 11. The summed E-state index contributed by atoms with van der Waals surface area (Å²) in [6.45, 7) is 11.0. The second-order valence-corrected chi connectivity index (χ2v) is 8.49. The SMILES string of the molecule is CCC1(C)CC(OC(=O)CCCCCCCC(=O)O)C(C)C(C)(CC)N1. The molecule has 0 saturated carbocycles. The van der Waals surface area contributed by atoms with Gasteiger partial charge in [-0.3, -0.25) is 9.59 Å². The predicted molar refractivity (Wildman–Crippen MR) is 104 cm³/mol. The van der Waals surface area contributed by atoms with E-state index < -0.39 is 5.97 Å². The number of unbranched alkanes of at least 4 members (excludes halogenated alkanes) is 4. The largest absolute Gasteiger partial charge is 0.481 e. The van der Waals surface area contributed by atoms with Gasteiger partial charge in [0.25, 0.3) is 0 Å². The van der Waals surface area contributed by atoms with E-state index in [1.54, 1.807) is 0 Å². The number of hydrogen-bond donors (Lipinski definition) is 2. The van der Waals surface area contributed by atoms with E-state index >= 15 is 0 Å². The highest BCUT2D eigenvalue weighted by molar-refractivity contribution is 5.69. The van der Waals surface area contributed by atoms with Crippen molar-refractivity contribution in [3.05, 3.63) is 0 Å². The van der Waals surface area contributed by atoms with E-state index in [9.17, 15) is 9.59 Å². The molecule has 1 aliphatic rings. The minimum atomic E-state index is -0.733. The smallest absolute Gasteiger partial charge is 0.306 e. The van der Waals surface area contributed by atoms with Gasteiger partial charge in [0.05, 0.1) is 0 Å². The van der Waals surface area contributed by atoms with Crippen molar-refractivity contribution in [2.75, 3.05) is 0 Å². The quantitative estimate of drug-likeness (QED) is 0.408. The van der Waals surface area contributed by atoms with E-state index in [-0.39, 0.29) is 35.5 Å². The first-order chi connectivity index (χ1) is 12.2. The molecule has 0 aliphatic carbocycles. The van der Waals surface area contributed by atoms with E-state index in [0.29, 0.717) is 6.42 Å². The topological polar surface area (TPSA) is 75.6 Å². The maximum atomic E-state index is 12.3. The molecule has 0 aromatic rings. The number of nitrogens with one attached hydrogen (secondary N) is 1. The maximum Gasteiger partial charge on any atom is 0.306 e. The summed E-state index contributed by atoms with van der Waals surface area (Å²) >= 11 is 0. The fraction of sp³-hybridized carbons (Fsp3) is 0.905. The third-order valence-corrected chi connectivity index (χ3v) is 6.37. The average Bonchev–Trinajstić information content (AvgIpc) is 2.58. The second kappa shape index (κ2) is 10.3. The van der Waals surface area contributed by atoms with Gasteiger partial charge < -0.3 is 15.2 Å². The molecule has 26 heavy (non-hydrogen) atoms. The van der Waals surface area contributed by atoms with Crippen molar-refractivity contribution in [2.24, 2.45) is 5.92 Å². The van der Waals surface area contributed by atoms with Gasteiger partial charge in [0, 0.05) is 36.3 Å². The minimum absolute atomic E-state index is 0.00631. The molecule has 0 amide bonds. The summed E-state index contributed by atoms with van der Waals surface area (Å²) < 4.78 is 5.90. The van der Waals surface area contributed by atoms with Gasteiger partial charge in [-0.25, -0.2) is 0 Å². The lowest BCUT2D eigenvalue weighted by Crippen LogP contribution is -2.66. The highest BCUT2D eigenvalue weighted by atomic mass is 16.5. The number of esters is 1. The fourth-order valence-corrected chi connectivity index (χ4v) is 3.98. The zero-order chi connectivity index (χ0) is 19.8. The Morgan fingerprint density at radius 1 is 1.04 bits per heavy atom. The monoisotopic (exact) mass is 369 g/mol. The standard InChI is InChI=1S/C21H39NO4/c1-6-20(4)15-17(16(3)21(5,7-2)22-20)26-19(25)14-12-10-8-9-11-13-18(23)24/h16-17,22H,6-15H2,1-5H3,(H,23,24). The number of carbonyl (C=O) groups is 2. The van der Waals surface area contributed by atoms with Crippen molar-refractivity contribution in [1.29, 1.82) is 0 Å². The molecule has 4 unspecified atom stereocenters. The number of ether oxygens (including phenoxy) is 1. The molecular weight excluding hydrogens is 330 g/mol. The van der Waals surface area contributed by atoms with Crippen molar-refractivity contribution >= 4 is 11.9 Å². The lowest BCUT2D eigenvalue weighted by molar-refractivity contribution is -0.159. The molecule has 0 aromatic heterocycles. The van der Waals surface area contributed by atoms with Crippen molar-refractivity contribution in [2.45, 2.75) is 116 Å². The zero-order valence-electron chi connectivity index (χ0n) is 17.4. The van der Waals surface area contributed by atoms with Gasteiger partial charge in [0.2, 0.25) is 0 Å². The van der Waals surface area contributed by atoms with Crippen LogP contribution in [0, 0.1) is 5.92 Å². The second-order valence-electron chi connectivity index (χ2n) is 8.49. The Morgan fingerprint density at radius 2 is 1.62 bits per heavy atom. The first kappa shape index (κ1) is 22.9. The van der Waals surface area contributed by atoms with Crippen LogP contribution >= 0.6 is 0 Å². The summed E-state index contributed by atoms with van der Waals surface area (Å²) in [5.41, 5.74) is -0.00947. The molecule has 1 saturated heterocycles. The molecule has 0 bridgehead atoms. The molecule has 0 aromatic carbocycles. The van der Waals surface area contributed by atoms with E-state index in [4.69, 9.17) is 9.84 Å². The van der Waals surface area contributed by atoms with Crippen molar-refractivity contribution in [3.8, 4) is 0 Å². The van der Waals surface area contributed by atoms with Crippen LogP contribution in [0.1, 0.15) is 98.8 Å². The van der Waals surface area contributed by atoms with E-state index in [1.165, 1.54) is 0 Å². The Hall–Kier alpha value is -1.10. The summed E-state index contributed by atoms with van der Waals surface area (Å²) in [4.78, 5) is 22.8. The molecule has 0 radical (unpaired) electrons. The van der Waals surface area contributed by atoms with Crippen LogP contribution in [0.3, 0.4) is 0 Å². The van der Waals surface area contributed by atoms with Gasteiger partial charge in [-0.05, 0) is 39.5 Å². The first-order valence-corrected chi connectivity index (χ1v) is 10.4. The van der Waals surface area contributed by atoms with Crippen LogP contribution in [0.25, 0.3) is 0 Å². The normalized spacial score (nSPS) is 31.6. The summed E-state index contributed by atoms with van der Waals surface area (Å²) in [7, 11) is 0. The van der Waals surface area contributed by atoms with Gasteiger partial charge in [-0.1, -0.05) is 40.0 Å². The van der Waals surface area contributed by atoms with E-state index in [1.807, 2.05) is 0 Å². The number of aliphatic carboxylic acids is 1. The van der Waals surface area contributed by atoms with Gasteiger partial charge in [0.15, 0.2) is 0 Å². The summed E-state index contributed by atoms with van der Waals surface area (Å²) in [5.74, 6) is -0.541. The van der Waals surface area contributed by atoms with Crippen LogP contribution in [0.4, 0.5) is 0 Å². The average molecular weight is 370 g/mol. The number of carboxylic acids is 1. The summed E-state index contributed by atoms with van der Waals surface area (Å²) in [5, 5.41) is 12.4. The minimum Gasteiger partial charge on any atom is -0.481 e.